The smallest absolute Gasteiger partial charge is 0.337 e. The maximum atomic E-state index is 11.6. The van der Waals surface area contributed by atoms with E-state index >= 15 is 0 Å². The number of nitro groups is 1. The molecule has 2 rings (SSSR count). The van der Waals surface area contributed by atoms with E-state index in [1.54, 1.807) is 7.11 Å². The summed E-state index contributed by atoms with van der Waals surface area (Å²) >= 11 is 0. The van der Waals surface area contributed by atoms with Crippen molar-refractivity contribution in [2.75, 3.05) is 19.5 Å². The van der Waals surface area contributed by atoms with Gasteiger partial charge in [0.05, 0.1) is 24.7 Å². The van der Waals surface area contributed by atoms with Crippen LogP contribution in [0.5, 0.6) is 5.75 Å². The molecule has 0 unspecified atom stereocenters. The van der Waals surface area contributed by atoms with Gasteiger partial charge in [-0.2, -0.15) is 0 Å². The lowest BCUT2D eigenvalue weighted by atomic mass is 10.1. The van der Waals surface area contributed by atoms with E-state index in [0.29, 0.717) is 12.3 Å². The van der Waals surface area contributed by atoms with Gasteiger partial charge in [0.15, 0.2) is 0 Å². The fraction of sp³-hybridized carbons (Fsp3) is 0.188. The van der Waals surface area contributed by atoms with Crippen LogP contribution in [0.2, 0.25) is 0 Å². The number of nitrogens with one attached hydrogen (secondary N) is 1. The molecule has 0 radical (unpaired) electrons. The number of nitro benzene ring substituents is 1. The number of methoxy groups -OCH3 is 2. The first-order chi connectivity index (χ1) is 11.0. The predicted molar refractivity (Wildman–Crippen MR) is 84.8 cm³/mol. The Bertz CT molecular complexity index is 730. The van der Waals surface area contributed by atoms with Gasteiger partial charge in [-0.05, 0) is 29.8 Å². The highest BCUT2D eigenvalue weighted by Gasteiger charge is 2.17. The number of benzene rings is 2. The molecule has 0 atom stereocenters. The Labute approximate surface area is 133 Å². The molecule has 0 bridgehead atoms. The number of hydrogen-bond donors (Lipinski definition) is 1. The van der Waals surface area contributed by atoms with Crippen LogP contribution < -0.4 is 10.1 Å². The van der Waals surface area contributed by atoms with Gasteiger partial charge in [-0.15, -0.1) is 0 Å². The van der Waals surface area contributed by atoms with E-state index in [-0.39, 0.29) is 16.9 Å². The first-order valence-corrected chi connectivity index (χ1v) is 6.78. The van der Waals surface area contributed by atoms with E-state index in [4.69, 9.17) is 4.74 Å². The van der Waals surface area contributed by atoms with E-state index < -0.39 is 10.9 Å². The van der Waals surface area contributed by atoms with Crippen LogP contribution in [0.3, 0.4) is 0 Å². The lowest BCUT2D eigenvalue weighted by molar-refractivity contribution is -0.384. The molecular weight excluding hydrogens is 300 g/mol. The second-order valence-corrected chi connectivity index (χ2v) is 4.69. The number of nitrogens with zero attached hydrogens (tertiary/aromatic N) is 1. The van der Waals surface area contributed by atoms with Gasteiger partial charge in [-0.25, -0.2) is 4.79 Å². The fourth-order valence-electron chi connectivity index (χ4n) is 2.06. The maximum absolute atomic E-state index is 11.6. The van der Waals surface area contributed by atoms with Crippen molar-refractivity contribution in [3.63, 3.8) is 0 Å². The predicted octanol–water partition coefficient (Wildman–Crippen LogP) is 3.00. The van der Waals surface area contributed by atoms with Gasteiger partial charge >= 0.3 is 5.97 Å². The van der Waals surface area contributed by atoms with Crippen molar-refractivity contribution in [2.24, 2.45) is 0 Å². The summed E-state index contributed by atoms with van der Waals surface area (Å²) < 4.78 is 9.77. The number of esters is 1. The molecule has 7 nitrogen and oxygen atoms in total. The summed E-state index contributed by atoms with van der Waals surface area (Å²) in [6, 6.07) is 11.4. The van der Waals surface area contributed by atoms with Crippen molar-refractivity contribution >= 4 is 17.3 Å². The molecule has 0 aliphatic carbocycles. The fourth-order valence-corrected chi connectivity index (χ4v) is 2.06. The van der Waals surface area contributed by atoms with Crippen LogP contribution in [0.1, 0.15) is 15.9 Å². The number of carbonyl (C=O) groups excluding carboxylic acids is 1. The third-order valence-electron chi connectivity index (χ3n) is 3.23. The van der Waals surface area contributed by atoms with E-state index in [9.17, 15) is 14.9 Å². The molecular formula is C16H16N2O5. The normalized spacial score (nSPS) is 10.0. The summed E-state index contributed by atoms with van der Waals surface area (Å²) in [6.07, 6.45) is 0. The number of ether oxygens (including phenoxy) is 2. The van der Waals surface area contributed by atoms with Crippen molar-refractivity contribution in [1.82, 2.24) is 0 Å². The largest absolute Gasteiger partial charge is 0.497 e. The van der Waals surface area contributed by atoms with Gasteiger partial charge in [0.2, 0.25) is 0 Å². The molecule has 0 saturated heterocycles. The average Bonchev–Trinajstić information content (AvgIpc) is 2.59. The van der Waals surface area contributed by atoms with Gasteiger partial charge in [-0.3, -0.25) is 10.1 Å². The molecule has 2 aromatic rings. The van der Waals surface area contributed by atoms with E-state index in [0.717, 1.165) is 5.56 Å². The minimum absolute atomic E-state index is 0.111. The maximum Gasteiger partial charge on any atom is 0.337 e. The van der Waals surface area contributed by atoms with Gasteiger partial charge in [0.25, 0.3) is 5.69 Å². The number of rotatable bonds is 6. The summed E-state index contributed by atoms with van der Waals surface area (Å²) in [5, 5.41) is 14.1. The second kappa shape index (κ2) is 7.26. The molecule has 0 fully saturated rings. The number of carbonyl (C=O) groups is 1. The van der Waals surface area contributed by atoms with Crippen LogP contribution >= 0.6 is 0 Å². The van der Waals surface area contributed by atoms with Crippen LogP contribution in [0.25, 0.3) is 0 Å². The first-order valence-electron chi connectivity index (χ1n) is 6.78. The van der Waals surface area contributed by atoms with Gasteiger partial charge in [-0.1, -0.05) is 12.1 Å². The van der Waals surface area contributed by atoms with Crippen molar-refractivity contribution in [2.45, 2.75) is 6.54 Å². The molecule has 0 aromatic heterocycles. The Hall–Kier alpha value is -3.09. The molecule has 0 heterocycles. The summed E-state index contributed by atoms with van der Waals surface area (Å²) in [4.78, 5) is 22.2. The topological polar surface area (TPSA) is 90.7 Å². The Kier molecular flexibility index (Phi) is 5.14. The molecule has 0 amide bonds. The minimum Gasteiger partial charge on any atom is -0.497 e. The van der Waals surface area contributed by atoms with Crippen LogP contribution in [0, 0.1) is 10.1 Å². The van der Waals surface area contributed by atoms with Crippen molar-refractivity contribution in [1.29, 1.82) is 0 Å². The van der Waals surface area contributed by atoms with Gasteiger partial charge in [0.1, 0.15) is 11.4 Å². The molecule has 0 aliphatic rings. The first kappa shape index (κ1) is 16.3. The van der Waals surface area contributed by atoms with Crippen molar-refractivity contribution < 1.29 is 19.2 Å². The highest BCUT2D eigenvalue weighted by atomic mass is 16.6. The zero-order valence-electron chi connectivity index (χ0n) is 12.7. The van der Waals surface area contributed by atoms with Crippen LogP contribution in [-0.2, 0) is 11.3 Å². The molecule has 0 aliphatic heterocycles. The number of anilines is 1. The molecule has 0 spiro atoms. The second-order valence-electron chi connectivity index (χ2n) is 4.69. The Morgan fingerprint density at radius 1 is 1.22 bits per heavy atom. The van der Waals surface area contributed by atoms with Gasteiger partial charge in [0, 0.05) is 12.6 Å². The summed E-state index contributed by atoms with van der Waals surface area (Å²) in [5.41, 5.74) is 1.27. The minimum atomic E-state index is -0.552. The monoisotopic (exact) mass is 316 g/mol. The average molecular weight is 316 g/mol. The molecule has 1 N–H and O–H groups in total. The van der Waals surface area contributed by atoms with Crippen LogP contribution in [-0.4, -0.2) is 25.1 Å². The Balaban J connectivity index is 2.25. The SMILES string of the molecule is COC(=O)c1ccc([N+](=O)[O-])c(NCc2cccc(OC)c2)c1. The van der Waals surface area contributed by atoms with Gasteiger partial charge < -0.3 is 14.8 Å². The van der Waals surface area contributed by atoms with Crippen molar-refractivity contribution in [3.05, 3.63) is 63.7 Å². The summed E-state index contributed by atoms with van der Waals surface area (Å²) in [7, 11) is 2.82. The van der Waals surface area contributed by atoms with E-state index in [1.165, 1.54) is 25.3 Å². The lowest BCUT2D eigenvalue weighted by Gasteiger charge is -2.09. The Morgan fingerprint density at radius 3 is 2.65 bits per heavy atom. The molecule has 0 saturated carbocycles. The Morgan fingerprint density at radius 2 is 2.00 bits per heavy atom. The highest BCUT2D eigenvalue weighted by Crippen LogP contribution is 2.26. The third-order valence-corrected chi connectivity index (χ3v) is 3.23. The van der Waals surface area contributed by atoms with E-state index in [2.05, 4.69) is 10.1 Å². The zero-order chi connectivity index (χ0) is 16.8. The summed E-state index contributed by atoms with van der Waals surface area (Å²) in [6.45, 7) is 0.350. The molecule has 2 aromatic carbocycles. The zero-order valence-corrected chi connectivity index (χ0v) is 12.7. The number of hydrogen-bond acceptors (Lipinski definition) is 6. The third kappa shape index (κ3) is 3.97. The summed E-state index contributed by atoms with van der Waals surface area (Å²) in [5.74, 6) is 0.145. The standard InChI is InChI=1S/C16H16N2O5/c1-22-13-5-3-4-11(8-13)10-17-14-9-12(16(19)23-2)6-7-15(14)18(20)21/h3-9,17H,10H2,1-2H3. The molecule has 120 valence electrons. The van der Waals surface area contributed by atoms with Crippen molar-refractivity contribution in [3.8, 4) is 5.75 Å². The van der Waals surface area contributed by atoms with E-state index in [1.807, 2.05) is 24.3 Å². The van der Waals surface area contributed by atoms with Crippen LogP contribution in [0.4, 0.5) is 11.4 Å². The van der Waals surface area contributed by atoms with Crippen LogP contribution in [0.15, 0.2) is 42.5 Å². The highest BCUT2D eigenvalue weighted by molar-refractivity contribution is 5.91. The quantitative estimate of drug-likeness (QED) is 0.500. The lowest BCUT2D eigenvalue weighted by Crippen LogP contribution is -2.06. The molecule has 7 heteroatoms. The molecule has 23 heavy (non-hydrogen) atoms.